The molecule has 0 aromatic rings. The van der Waals surface area contributed by atoms with E-state index in [1.165, 1.54) is 0 Å². The van der Waals surface area contributed by atoms with E-state index in [-0.39, 0.29) is 92.1 Å². The Morgan fingerprint density at radius 3 is 0.400 bits per heavy atom. The van der Waals surface area contributed by atoms with Gasteiger partial charge in [0.2, 0.25) is 0 Å². The van der Waals surface area contributed by atoms with Gasteiger partial charge in [-0.15, -0.1) is 0 Å². The van der Waals surface area contributed by atoms with Gasteiger partial charge < -0.3 is 0 Å². The summed E-state index contributed by atoms with van der Waals surface area (Å²) in [6.45, 7) is 0. The van der Waals surface area contributed by atoms with Crippen LogP contribution in [-0.2, 0) is 21.7 Å². The van der Waals surface area contributed by atoms with Crippen molar-refractivity contribution in [2.45, 2.75) is 0 Å². The Labute approximate surface area is 90.8 Å². The molecule has 0 saturated heterocycles. The minimum atomic E-state index is 0. The Bertz CT molecular complexity index is 3.61. The van der Waals surface area contributed by atoms with E-state index in [0.717, 1.165) is 0 Å². The van der Waals surface area contributed by atoms with Gasteiger partial charge in [0.15, 0.2) is 0 Å². The molecule has 4 radical (unpaired) electrons. The first kappa shape index (κ1) is 44.9. The molecule has 0 amide bonds. The zero-order chi connectivity index (χ0) is 0. The van der Waals surface area contributed by atoms with Gasteiger partial charge in [-0.1, -0.05) is 0 Å². The standard InChI is InChI=1S/4GeH2.Ti/h4*1H2;/q4*-1;+4. The van der Waals surface area contributed by atoms with Crippen molar-refractivity contribution < 1.29 is 21.7 Å². The molecular formula is H8Ge4Ti. The summed E-state index contributed by atoms with van der Waals surface area (Å²) in [4.78, 5) is 0. The van der Waals surface area contributed by atoms with Crippen LogP contribution in [0.1, 0.15) is 0 Å². The third kappa shape index (κ3) is 19.7. The maximum atomic E-state index is 0. The first-order valence-corrected chi connectivity index (χ1v) is 0. The average Bonchev–Trinajstić information content (AvgIpc) is 0. The largest absolute Gasteiger partial charge is 4.00 e. The summed E-state index contributed by atoms with van der Waals surface area (Å²) in [7, 11) is 0. The van der Waals surface area contributed by atoms with Gasteiger partial charge in [0.25, 0.3) is 0 Å². The zero-order valence-electron chi connectivity index (χ0n) is 3.33. The van der Waals surface area contributed by atoms with Gasteiger partial charge in [0.05, 0.1) is 0 Å². The van der Waals surface area contributed by atoms with Crippen molar-refractivity contribution in [1.82, 2.24) is 0 Å². The molecule has 0 aliphatic heterocycles. The van der Waals surface area contributed by atoms with E-state index in [0.29, 0.717) is 0 Å². The molecule has 0 atom stereocenters. The van der Waals surface area contributed by atoms with E-state index in [1.807, 2.05) is 0 Å². The maximum Gasteiger partial charge on any atom is 4.00 e. The monoisotopic (exact) mass is 352 g/mol. The second-order valence-electron chi connectivity index (χ2n) is 0. The Balaban J connectivity index is 0. The number of hydrogen-bond acceptors (Lipinski definition) is 0. The third-order valence-corrected chi connectivity index (χ3v) is 0. The molecule has 5 heavy (non-hydrogen) atoms. The Morgan fingerprint density at radius 2 is 0.400 bits per heavy atom. The van der Waals surface area contributed by atoms with E-state index in [4.69, 9.17) is 0 Å². The molecule has 0 aromatic heterocycles. The summed E-state index contributed by atoms with van der Waals surface area (Å²) in [5.41, 5.74) is 0. The van der Waals surface area contributed by atoms with Crippen LogP contribution in [-0.4, -0.2) is 70.4 Å². The summed E-state index contributed by atoms with van der Waals surface area (Å²) >= 11 is 0. The predicted molar refractivity (Wildman–Crippen MR) is 34.2 cm³/mol. The summed E-state index contributed by atoms with van der Waals surface area (Å²) in [5.74, 6) is 0. The minimum absolute atomic E-state index is 0. The van der Waals surface area contributed by atoms with E-state index in [1.54, 1.807) is 0 Å². The molecule has 0 rings (SSSR count). The van der Waals surface area contributed by atoms with Crippen LogP contribution in [0.25, 0.3) is 0 Å². The summed E-state index contributed by atoms with van der Waals surface area (Å²) < 4.78 is 0. The molecule has 0 N–H and O–H groups in total. The van der Waals surface area contributed by atoms with Crippen LogP contribution in [0.4, 0.5) is 0 Å². The van der Waals surface area contributed by atoms with Crippen molar-refractivity contribution in [3.05, 3.63) is 0 Å². The van der Waals surface area contributed by atoms with E-state index < -0.39 is 0 Å². The van der Waals surface area contributed by atoms with Gasteiger partial charge in [0, 0.05) is 0 Å². The molecule has 0 saturated carbocycles. The maximum absolute atomic E-state index is 0. The fraction of sp³-hybridized carbons (Fsp3) is 0. The molecule has 0 heterocycles. The predicted octanol–water partition coefficient (Wildman–Crippen LogP) is -3.67. The minimum Gasteiger partial charge on any atom is 4.00 e. The van der Waals surface area contributed by atoms with Crippen LogP contribution >= 0.6 is 0 Å². The molecule has 5 heteroatoms. The second-order valence-corrected chi connectivity index (χ2v) is 0. The molecule has 0 bridgehead atoms. The van der Waals surface area contributed by atoms with Crippen molar-refractivity contribution in [3.63, 3.8) is 0 Å². The van der Waals surface area contributed by atoms with Crippen molar-refractivity contribution in [2.24, 2.45) is 0 Å². The third-order valence-electron chi connectivity index (χ3n) is 0. The Morgan fingerprint density at radius 1 is 0.400 bits per heavy atom. The summed E-state index contributed by atoms with van der Waals surface area (Å²) in [6.07, 6.45) is 0. The molecule has 0 aliphatic rings. The van der Waals surface area contributed by atoms with Crippen molar-refractivity contribution in [2.75, 3.05) is 0 Å². The molecule has 0 fully saturated rings. The van der Waals surface area contributed by atoms with Crippen LogP contribution in [0.15, 0.2) is 0 Å². The van der Waals surface area contributed by atoms with Crippen LogP contribution in [0, 0.1) is 0 Å². The smallest absolute Gasteiger partial charge is 4.00 e. The fourth-order valence-corrected chi connectivity index (χ4v) is 0. The Hall–Kier alpha value is 2.89. The summed E-state index contributed by atoms with van der Waals surface area (Å²) in [5, 5.41) is 0. The first-order chi connectivity index (χ1) is 0. The fourth-order valence-electron chi connectivity index (χ4n) is 0. The molecule has 0 spiro atoms. The van der Waals surface area contributed by atoms with Gasteiger partial charge in [-0.3, -0.25) is 0 Å². The van der Waals surface area contributed by atoms with Crippen molar-refractivity contribution in [3.8, 4) is 0 Å². The molecule has 0 nitrogen and oxygen atoms in total. The quantitative estimate of drug-likeness (QED) is 0.397. The molecular weight excluding hydrogens is 338 g/mol. The first-order valence-electron chi connectivity index (χ1n) is 0. The molecule has 0 aromatic carbocycles. The van der Waals surface area contributed by atoms with Crippen molar-refractivity contribution in [1.29, 1.82) is 0 Å². The van der Waals surface area contributed by atoms with Gasteiger partial charge >= 0.3 is 92.1 Å². The number of rotatable bonds is 0. The van der Waals surface area contributed by atoms with E-state index in [9.17, 15) is 0 Å². The van der Waals surface area contributed by atoms with Crippen LogP contribution in [0.5, 0.6) is 0 Å². The van der Waals surface area contributed by atoms with Crippen LogP contribution < -0.4 is 0 Å². The van der Waals surface area contributed by atoms with Gasteiger partial charge in [-0.2, -0.15) is 0 Å². The average molecular weight is 346 g/mol. The van der Waals surface area contributed by atoms with Gasteiger partial charge in [0.1, 0.15) is 0 Å². The normalized spacial score (nSPS) is 0. The van der Waals surface area contributed by atoms with Crippen molar-refractivity contribution >= 4 is 70.4 Å². The zero-order valence-corrected chi connectivity index (χ0v) is 16.8. The second kappa shape index (κ2) is 28.6. The molecule has 0 aliphatic carbocycles. The van der Waals surface area contributed by atoms with Gasteiger partial charge in [-0.05, 0) is 0 Å². The SMILES string of the molecule is [GeH2-].[GeH2-].[GeH2-].[GeH2-].[Ti+4]. The van der Waals surface area contributed by atoms with E-state index in [2.05, 4.69) is 0 Å². The molecule has 0 unspecified atom stereocenters. The van der Waals surface area contributed by atoms with Gasteiger partial charge in [-0.25, -0.2) is 0 Å². The molecule has 28 valence electrons. The van der Waals surface area contributed by atoms with E-state index >= 15 is 0 Å². The van der Waals surface area contributed by atoms with Crippen LogP contribution in [0.2, 0.25) is 0 Å². The summed E-state index contributed by atoms with van der Waals surface area (Å²) in [6, 6.07) is 0. The Kier molecular flexibility index (Phi) is 257. The topological polar surface area (TPSA) is 0 Å². The number of hydrogen-bond donors (Lipinski definition) is 0. The van der Waals surface area contributed by atoms with Crippen LogP contribution in [0.3, 0.4) is 0 Å².